The van der Waals surface area contributed by atoms with Crippen LogP contribution in [0.4, 0.5) is 0 Å². The van der Waals surface area contributed by atoms with Crippen molar-refractivity contribution in [1.82, 2.24) is 0 Å². The second kappa shape index (κ2) is 11.8. The number of ether oxygens (including phenoxy) is 3. The van der Waals surface area contributed by atoms with E-state index in [0.717, 1.165) is 43.2 Å². The van der Waals surface area contributed by atoms with Crippen LogP contribution in [-0.2, 0) is 19.0 Å². The van der Waals surface area contributed by atoms with Gasteiger partial charge in [-0.25, -0.2) is 0 Å². The molecule has 8 aliphatic rings. The van der Waals surface area contributed by atoms with E-state index < -0.39 is 28.8 Å². The van der Waals surface area contributed by atoms with Gasteiger partial charge in [-0.05, 0) is 92.3 Å². The lowest BCUT2D eigenvalue weighted by Gasteiger charge is -2.61. The first-order chi connectivity index (χ1) is 22.0. The minimum Gasteiger partial charge on any atom is -0.396 e. The Morgan fingerprint density at radius 3 is 2.59 bits per heavy atom. The lowest BCUT2D eigenvalue weighted by molar-refractivity contribution is -0.201. The van der Waals surface area contributed by atoms with E-state index in [-0.39, 0.29) is 66.0 Å². The third kappa shape index (κ3) is 4.81. The van der Waals surface area contributed by atoms with E-state index in [1.807, 2.05) is 31.2 Å². The highest BCUT2D eigenvalue weighted by Gasteiger charge is 2.70. The SMILES string of the molecule is CC1COC(C(O)C(C)(O)C2CCC34OCC#CC(c5ccccc5)COC5CCC6(C)C(C5)C(=O)C=C3C6CCC24C)C1CO. The fraction of sp³-hybridized carbons (Fsp3) is 0.718. The summed E-state index contributed by atoms with van der Waals surface area (Å²) in [6.07, 6.45) is 5.69. The molecule has 1 saturated heterocycles. The van der Waals surface area contributed by atoms with E-state index in [4.69, 9.17) is 14.2 Å². The highest BCUT2D eigenvalue weighted by molar-refractivity contribution is 5.95. The minimum atomic E-state index is -1.50. The van der Waals surface area contributed by atoms with Crippen LogP contribution in [0.1, 0.15) is 84.1 Å². The van der Waals surface area contributed by atoms with E-state index >= 15 is 0 Å². The molecule has 46 heavy (non-hydrogen) atoms. The van der Waals surface area contributed by atoms with Crippen molar-refractivity contribution in [2.45, 2.75) is 108 Å². The maximum atomic E-state index is 14.2. The molecule has 0 aromatic heterocycles. The van der Waals surface area contributed by atoms with Gasteiger partial charge in [0, 0.05) is 23.9 Å². The molecular weight excluding hydrogens is 580 g/mol. The predicted octanol–water partition coefficient (Wildman–Crippen LogP) is 4.82. The Kier molecular flexibility index (Phi) is 8.35. The molecule has 0 amide bonds. The average Bonchev–Trinajstić information content (AvgIpc) is 3.57. The van der Waals surface area contributed by atoms with Crippen LogP contribution in [0.15, 0.2) is 42.0 Å². The first-order valence-electron chi connectivity index (χ1n) is 17.6. The van der Waals surface area contributed by atoms with Gasteiger partial charge >= 0.3 is 0 Å². The number of hydrogen-bond donors (Lipinski definition) is 3. The van der Waals surface area contributed by atoms with Crippen LogP contribution >= 0.6 is 0 Å². The maximum absolute atomic E-state index is 14.2. The van der Waals surface area contributed by atoms with E-state index in [2.05, 4.69) is 37.8 Å². The lowest BCUT2D eigenvalue weighted by atomic mass is 9.45. The molecule has 3 saturated carbocycles. The average molecular weight is 633 g/mol. The molecular formula is C39H52O7. The molecule has 7 heteroatoms. The summed E-state index contributed by atoms with van der Waals surface area (Å²) in [5.41, 5.74) is -0.840. The van der Waals surface area contributed by atoms with Crippen LogP contribution in [0.25, 0.3) is 0 Å². The molecule has 6 bridgehead atoms. The summed E-state index contributed by atoms with van der Waals surface area (Å²) in [5.74, 6) is 6.53. The molecule has 1 spiro atoms. The smallest absolute Gasteiger partial charge is 0.159 e. The first kappa shape index (κ1) is 32.5. The summed E-state index contributed by atoms with van der Waals surface area (Å²) in [6, 6.07) is 10.2. The summed E-state index contributed by atoms with van der Waals surface area (Å²) in [4.78, 5) is 14.2. The minimum absolute atomic E-state index is 0.0303. The van der Waals surface area contributed by atoms with Crippen LogP contribution in [0.3, 0.4) is 0 Å². The molecule has 1 aromatic rings. The Hall–Kier alpha value is -2.05. The van der Waals surface area contributed by atoms with Gasteiger partial charge in [0.05, 0.1) is 42.5 Å². The maximum Gasteiger partial charge on any atom is 0.159 e. The van der Waals surface area contributed by atoms with Gasteiger partial charge in [-0.3, -0.25) is 4.79 Å². The fourth-order valence-electron chi connectivity index (χ4n) is 11.1. The van der Waals surface area contributed by atoms with Crippen molar-refractivity contribution in [1.29, 1.82) is 0 Å². The van der Waals surface area contributed by atoms with E-state index in [1.165, 1.54) is 0 Å². The Morgan fingerprint density at radius 2 is 1.83 bits per heavy atom. The summed E-state index contributed by atoms with van der Waals surface area (Å²) in [6.45, 7) is 9.31. The molecule has 13 atom stereocenters. The zero-order chi connectivity index (χ0) is 32.5. The van der Waals surface area contributed by atoms with E-state index in [1.54, 1.807) is 6.92 Å². The Balaban J connectivity index is 1.29. The van der Waals surface area contributed by atoms with Gasteiger partial charge in [-0.2, -0.15) is 0 Å². The van der Waals surface area contributed by atoms with Gasteiger partial charge in [0.2, 0.25) is 0 Å². The number of carbonyl (C=O) groups excluding carboxylic acids is 1. The number of benzene rings is 1. The van der Waals surface area contributed by atoms with E-state index in [0.29, 0.717) is 26.1 Å². The van der Waals surface area contributed by atoms with Gasteiger partial charge in [0.25, 0.3) is 0 Å². The monoisotopic (exact) mass is 632 g/mol. The molecule has 0 radical (unpaired) electrons. The van der Waals surface area contributed by atoms with Crippen LogP contribution in [0.5, 0.6) is 0 Å². The molecule has 4 aliphatic carbocycles. The number of fused-ring (bicyclic) bond motifs is 2. The van der Waals surface area contributed by atoms with Gasteiger partial charge in [0.1, 0.15) is 12.7 Å². The molecule has 9 rings (SSSR count). The molecule has 250 valence electrons. The summed E-state index contributed by atoms with van der Waals surface area (Å²) < 4.78 is 19.6. The number of rotatable bonds is 5. The molecule has 4 fully saturated rings. The first-order valence-corrected chi connectivity index (χ1v) is 17.6. The van der Waals surface area contributed by atoms with Crippen molar-refractivity contribution >= 4 is 5.78 Å². The summed E-state index contributed by atoms with van der Waals surface area (Å²) >= 11 is 0. The molecule has 1 aromatic carbocycles. The van der Waals surface area contributed by atoms with Gasteiger partial charge in [-0.1, -0.05) is 62.9 Å². The van der Waals surface area contributed by atoms with Gasteiger partial charge in [0.15, 0.2) is 5.78 Å². The van der Waals surface area contributed by atoms with Crippen LogP contribution in [-0.4, -0.2) is 77.0 Å². The third-order valence-corrected chi connectivity index (χ3v) is 13.9. The summed E-state index contributed by atoms with van der Waals surface area (Å²) in [5, 5.41) is 34.3. The lowest BCUT2D eigenvalue weighted by Crippen LogP contribution is -2.64. The van der Waals surface area contributed by atoms with Crippen LogP contribution < -0.4 is 0 Å². The number of carbonyl (C=O) groups is 1. The fourth-order valence-corrected chi connectivity index (χ4v) is 11.1. The van der Waals surface area contributed by atoms with Crippen LogP contribution in [0, 0.1) is 52.3 Å². The molecule has 4 heterocycles. The van der Waals surface area contributed by atoms with Crippen molar-refractivity contribution in [3.63, 3.8) is 0 Å². The number of aliphatic hydroxyl groups is 3. The van der Waals surface area contributed by atoms with Gasteiger partial charge in [-0.15, -0.1) is 0 Å². The topological polar surface area (TPSA) is 105 Å². The number of allylic oxidation sites excluding steroid dienone is 1. The quantitative estimate of drug-likeness (QED) is 0.400. The number of hydrogen-bond acceptors (Lipinski definition) is 7. The Bertz CT molecular complexity index is 1410. The third-order valence-electron chi connectivity index (χ3n) is 13.9. The molecule has 13 unspecified atom stereocenters. The van der Waals surface area contributed by atoms with Gasteiger partial charge < -0.3 is 29.5 Å². The van der Waals surface area contributed by atoms with Crippen molar-refractivity contribution in [3.8, 4) is 11.8 Å². The van der Waals surface area contributed by atoms with Crippen molar-refractivity contribution in [2.75, 3.05) is 26.4 Å². The highest BCUT2D eigenvalue weighted by Crippen LogP contribution is 2.70. The zero-order valence-electron chi connectivity index (χ0n) is 27.9. The largest absolute Gasteiger partial charge is 0.396 e. The van der Waals surface area contributed by atoms with Crippen LogP contribution in [0.2, 0.25) is 0 Å². The highest BCUT2D eigenvalue weighted by atomic mass is 16.5. The molecule has 3 N–H and O–H groups in total. The van der Waals surface area contributed by atoms with E-state index in [9.17, 15) is 20.1 Å². The van der Waals surface area contributed by atoms with Crippen molar-refractivity contribution in [3.05, 3.63) is 47.5 Å². The predicted molar refractivity (Wildman–Crippen MR) is 174 cm³/mol. The second-order valence-electron chi connectivity index (χ2n) is 16.1. The number of aliphatic hydroxyl groups excluding tert-OH is 2. The molecule has 7 nitrogen and oxygen atoms in total. The number of ketones is 1. The second-order valence-corrected chi connectivity index (χ2v) is 16.1. The van der Waals surface area contributed by atoms with Crippen molar-refractivity contribution < 1.29 is 34.3 Å². The van der Waals surface area contributed by atoms with Crippen molar-refractivity contribution in [2.24, 2.45) is 40.4 Å². The molecule has 4 aliphatic heterocycles. The zero-order valence-corrected chi connectivity index (χ0v) is 27.9. The summed E-state index contributed by atoms with van der Waals surface area (Å²) in [7, 11) is 0. The standard InChI is InChI=1S/C39H52O7/c1-24-22-45-34(28(24)21-40)35(42)38(4,43)33-14-17-39-30-20-32(41)31-19-27(12-15-36(31,2)29(30)13-16-37(33,39)3)44-23-26(11-8-18-46-39)25-9-6-5-7-10-25/h5-7,9-10,20,24,26-29,31,33-35,40,42-43H,12-19,21-23H2,1-4H3. The Labute approximate surface area is 274 Å². The Morgan fingerprint density at radius 1 is 1.04 bits per heavy atom. The normalized spacial score (nSPS) is 45.6.